The third-order valence-electron chi connectivity index (χ3n) is 1.19. The number of hydrogen-bond donors (Lipinski definition) is 1. The van der Waals surface area contributed by atoms with E-state index in [-0.39, 0.29) is 5.76 Å². The van der Waals surface area contributed by atoms with Crippen molar-refractivity contribution in [2.75, 3.05) is 6.61 Å². The van der Waals surface area contributed by atoms with Gasteiger partial charge >= 0.3 is 6.09 Å². The Morgan fingerprint density at radius 2 is 1.87 bits per heavy atom. The van der Waals surface area contributed by atoms with Crippen LogP contribution in [0.1, 0.15) is 27.7 Å². The van der Waals surface area contributed by atoms with Gasteiger partial charge in [0.15, 0.2) is 5.76 Å². The number of amides is 2. The molecule has 0 aliphatic rings. The highest BCUT2D eigenvalue weighted by Gasteiger charge is 2.19. The summed E-state index contributed by atoms with van der Waals surface area (Å²) in [5.74, 6) is -0.797. The van der Waals surface area contributed by atoms with Gasteiger partial charge in [0.25, 0.3) is 5.91 Å². The number of nitrogens with one attached hydrogen (secondary N) is 1. The zero-order chi connectivity index (χ0) is 12.1. The van der Waals surface area contributed by atoms with E-state index in [1.807, 2.05) is 5.32 Å². The lowest BCUT2D eigenvalue weighted by molar-refractivity contribution is -0.120. The molecule has 1 N–H and O–H groups in total. The van der Waals surface area contributed by atoms with Gasteiger partial charge in [0, 0.05) is 0 Å². The second kappa shape index (κ2) is 5.38. The summed E-state index contributed by atoms with van der Waals surface area (Å²) >= 11 is 0. The van der Waals surface area contributed by atoms with Crippen molar-refractivity contribution in [2.24, 2.45) is 0 Å². The molecule has 0 atom stereocenters. The highest BCUT2D eigenvalue weighted by Crippen LogP contribution is 2.06. The standard InChI is InChI=1S/C10H17NO4/c1-6-14-7(2)8(12)11-9(13)15-10(3,4)5/h2,6H2,1,3-5H3,(H,11,12,13). The van der Waals surface area contributed by atoms with E-state index in [0.717, 1.165) is 0 Å². The molecule has 0 aromatic carbocycles. The van der Waals surface area contributed by atoms with Gasteiger partial charge in [0.1, 0.15) is 5.60 Å². The first kappa shape index (κ1) is 13.5. The van der Waals surface area contributed by atoms with Crippen molar-refractivity contribution in [1.82, 2.24) is 5.32 Å². The maximum atomic E-state index is 11.2. The fourth-order valence-corrected chi connectivity index (χ4v) is 0.706. The minimum absolute atomic E-state index is 0.108. The van der Waals surface area contributed by atoms with Gasteiger partial charge in [-0.25, -0.2) is 4.79 Å². The van der Waals surface area contributed by atoms with Gasteiger partial charge in [-0.3, -0.25) is 10.1 Å². The normalized spacial score (nSPS) is 10.4. The van der Waals surface area contributed by atoms with E-state index in [2.05, 4.69) is 6.58 Å². The number of imide groups is 1. The number of ether oxygens (including phenoxy) is 2. The van der Waals surface area contributed by atoms with Crippen LogP contribution in [0, 0.1) is 0 Å². The highest BCUT2D eigenvalue weighted by atomic mass is 16.6. The summed E-state index contributed by atoms with van der Waals surface area (Å²) < 4.78 is 9.69. The van der Waals surface area contributed by atoms with Crippen LogP contribution < -0.4 is 5.32 Å². The summed E-state index contributed by atoms with van der Waals surface area (Å²) in [7, 11) is 0. The molecule has 0 aliphatic heterocycles. The largest absolute Gasteiger partial charge is 0.489 e. The molecular formula is C10H17NO4. The van der Waals surface area contributed by atoms with Crippen molar-refractivity contribution in [2.45, 2.75) is 33.3 Å². The van der Waals surface area contributed by atoms with Gasteiger partial charge in [-0.05, 0) is 27.7 Å². The summed E-state index contributed by atoms with van der Waals surface area (Å²) in [6, 6.07) is 0. The van der Waals surface area contributed by atoms with E-state index in [1.165, 1.54) is 0 Å². The predicted molar refractivity (Wildman–Crippen MR) is 55.1 cm³/mol. The SMILES string of the molecule is C=C(OCC)C(=O)NC(=O)OC(C)(C)C. The first-order chi connectivity index (χ1) is 6.76. The van der Waals surface area contributed by atoms with Gasteiger partial charge in [-0.1, -0.05) is 6.58 Å². The first-order valence-corrected chi connectivity index (χ1v) is 4.62. The lowest BCUT2D eigenvalue weighted by Crippen LogP contribution is -2.37. The number of carbonyl (C=O) groups excluding carboxylic acids is 2. The van der Waals surface area contributed by atoms with E-state index in [4.69, 9.17) is 9.47 Å². The van der Waals surface area contributed by atoms with Gasteiger partial charge in [-0.15, -0.1) is 0 Å². The molecule has 0 aliphatic carbocycles. The monoisotopic (exact) mass is 215 g/mol. The average molecular weight is 215 g/mol. The quantitative estimate of drug-likeness (QED) is 0.573. The average Bonchev–Trinajstić information content (AvgIpc) is 2.00. The van der Waals surface area contributed by atoms with Crippen LogP contribution in [0.4, 0.5) is 4.79 Å². The van der Waals surface area contributed by atoms with Crippen molar-refractivity contribution in [3.8, 4) is 0 Å². The highest BCUT2D eigenvalue weighted by molar-refractivity contribution is 6.00. The molecule has 0 radical (unpaired) electrons. The lowest BCUT2D eigenvalue weighted by Gasteiger charge is -2.19. The van der Waals surface area contributed by atoms with E-state index >= 15 is 0 Å². The van der Waals surface area contributed by atoms with Gasteiger partial charge < -0.3 is 9.47 Å². The van der Waals surface area contributed by atoms with Crippen molar-refractivity contribution >= 4 is 12.0 Å². The molecule has 0 unspecified atom stereocenters. The van der Waals surface area contributed by atoms with Crippen LogP contribution in [-0.4, -0.2) is 24.2 Å². The number of rotatable bonds is 3. The number of alkyl carbamates (subject to hydrolysis) is 1. The molecular weight excluding hydrogens is 198 g/mol. The van der Waals surface area contributed by atoms with Crippen molar-refractivity contribution in [3.63, 3.8) is 0 Å². The molecule has 0 saturated carbocycles. The fraction of sp³-hybridized carbons (Fsp3) is 0.600. The third-order valence-corrected chi connectivity index (χ3v) is 1.19. The smallest absolute Gasteiger partial charge is 0.414 e. The van der Waals surface area contributed by atoms with E-state index < -0.39 is 17.6 Å². The molecule has 5 nitrogen and oxygen atoms in total. The van der Waals surface area contributed by atoms with Crippen LogP contribution in [0.3, 0.4) is 0 Å². The second-order valence-corrected chi connectivity index (χ2v) is 3.81. The Balaban J connectivity index is 4.08. The van der Waals surface area contributed by atoms with Crippen LogP contribution in [0.15, 0.2) is 12.3 Å². The third kappa shape index (κ3) is 6.54. The molecule has 15 heavy (non-hydrogen) atoms. The zero-order valence-corrected chi connectivity index (χ0v) is 9.55. The molecule has 0 heterocycles. The maximum Gasteiger partial charge on any atom is 0.414 e. The molecule has 5 heteroatoms. The van der Waals surface area contributed by atoms with Crippen LogP contribution in [0.25, 0.3) is 0 Å². The molecule has 86 valence electrons. The van der Waals surface area contributed by atoms with Gasteiger partial charge in [-0.2, -0.15) is 0 Å². The minimum atomic E-state index is -0.812. The van der Waals surface area contributed by atoms with Crippen molar-refractivity contribution < 1.29 is 19.1 Å². The Morgan fingerprint density at radius 3 is 2.27 bits per heavy atom. The van der Waals surface area contributed by atoms with Crippen LogP contribution in [-0.2, 0) is 14.3 Å². The first-order valence-electron chi connectivity index (χ1n) is 4.62. The predicted octanol–water partition coefficient (Wildman–Crippen LogP) is 1.59. The Labute approximate surface area is 89.4 Å². The molecule has 0 aromatic rings. The Hall–Kier alpha value is -1.52. The topological polar surface area (TPSA) is 64.6 Å². The lowest BCUT2D eigenvalue weighted by atomic mass is 10.2. The van der Waals surface area contributed by atoms with Gasteiger partial charge in [0.05, 0.1) is 6.61 Å². The van der Waals surface area contributed by atoms with Crippen molar-refractivity contribution in [3.05, 3.63) is 12.3 Å². The van der Waals surface area contributed by atoms with E-state index in [0.29, 0.717) is 6.61 Å². The molecule has 0 aromatic heterocycles. The van der Waals surface area contributed by atoms with Crippen molar-refractivity contribution in [1.29, 1.82) is 0 Å². The summed E-state index contributed by atoms with van der Waals surface area (Å²) in [4.78, 5) is 22.3. The van der Waals surface area contributed by atoms with E-state index in [9.17, 15) is 9.59 Å². The number of hydrogen-bond acceptors (Lipinski definition) is 4. The fourth-order valence-electron chi connectivity index (χ4n) is 0.706. The summed E-state index contributed by atoms with van der Waals surface area (Å²) in [6.45, 7) is 10.5. The Morgan fingerprint density at radius 1 is 1.33 bits per heavy atom. The van der Waals surface area contributed by atoms with Gasteiger partial charge in [0.2, 0.25) is 0 Å². The Bertz CT molecular complexity index is 265. The Kier molecular flexibility index (Phi) is 4.84. The molecule has 0 fully saturated rings. The second-order valence-electron chi connectivity index (χ2n) is 3.81. The summed E-state index contributed by atoms with van der Waals surface area (Å²) in [6.07, 6.45) is -0.812. The summed E-state index contributed by atoms with van der Waals surface area (Å²) in [5.41, 5.74) is -0.642. The summed E-state index contributed by atoms with van der Waals surface area (Å²) in [5, 5.41) is 2.00. The van der Waals surface area contributed by atoms with Crippen LogP contribution in [0.2, 0.25) is 0 Å². The van der Waals surface area contributed by atoms with Crippen LogP contribution >= 0.6 is 0 Å². The molecule has 0 spiro atoms. The minimum Gasteiger partial charge on any atom is -0.489 e. The van der Waals surface area contributed by atoms with Crippen LogP contribution in [0.5, 0.6) is 0 Å². The molecule has 0 rings (SSSR count). The molecule has 2 amide bonds. The zero-order valence-electron chi connectivity index (χ0n) is 9.55. The maximum absolute atomic E-state index is 11.2. The molecule has 0 bridgehead atoms. The number of carbonyl (C=O) groups is 2. The van der Waals surface area contributed by atoms with E-state index in [1.54, 1.807) is 27.7 Å². The molecule has 0 saturated heterocycles.